The van der Waals surface area contributed by atoms with Gasteiger partial charge in [0.15, 0.2) is 5.13 Å². The molecule has 2 heterocycles. The number of thiazole rings is 1. The summed E-state index contributed by atoms with van der Waals surface area (Å²) in [6, 6.07) is 8.34. The van der Waals surface area contributed by atoms with Gasteiger partial charge in [0.25, 0.3) is 0 Å². The van der Waals surface area contributed by atoms with Crippen LogP contribution in [-0.2, 0) is 0 Å². The summed E-state index contributed by atoms with van der Waals surface area (Å²) in [4.78, 5) is 6.79. The molecule has 1 aliphatic rings. The first-order valence-corrected chi connectivity index (χ1v) is 7.23. The number of nitrogen functional groups attached to an aromatic ring is 1. The van der Waals surface area contributed by atoms with Crippen molar-refractivity contribution in [1.82, 2.24) is 4.98 Å². The molecule has 1 atom stereocenters. The van der Waals surface area contributed by atoms with E-state index in [0.717, 1.165) is 23.7 Å². The second kappa shape index (κ2) is 4.78. The Bertz CT molecular complexity index is 537. The van der Waals surface area contributed by atoms with Gasteiger partial charge in [-0.1, -0.05) is 11.6 Å². The molecule has 0 spiro atoms. The molecule has 1 aromatic carbocycles. The summed E-state index contributed by atoms with van der Waals surface area (Å²) in [5, 5.41) is 3.48. The quantitative estimate of drug-likeness (QED) is 0.911. The molecule has 1 aromatic heterocycles. The van der Waals surface area contributed by atoms with Crippen LogP contribution in [0.4, 0.5) is 10.8 Å². The molecule has 2 aromatic rings. The van der Waals surface area contributed by atoms with Crippen LogP contribution < -0.4 is 10.6 Å². The first-order valence-electron chi connectivity index (χ1n) is 5.97. The molecule has 18 heavy (non-hydrogen) atoms. The maximum atomic E-state index is 5.93. The normalized spacial score (nSPS) is 19.4. The number of halogens is 1. The zero-order valence-electron chi connectivity index (χ0n) is 9.84. The van der Waals surface area contributed by atoms with E-state index in [4.69, 9.17) is 17.3 Å². The molecule has 1 aliphatic heterocycles. The number of nitrogens with two attached hydrogens (primary N) is 1. The summed E-state index contributed by atoms with van der Waals surface area (Å²) in [6.45, 7) is 1.06. The van der Waals surface area contributed by atoms with Crippen LogP contribution in [0.3, 0.4) is 0 Å². The summed E-state index contributed by atoms with van der Waals surface area (Å²) >= 11 is 7.44. The van der Waals surface area contributed by atoms with Gasteiger partial charge in [0.2, 0.25) is 0 Å². The Morgan fingerprint density at radius 3 is 2.78 bits per heavy atom. The van der Waals surface area contributed by atoms with Crippen LogP contribution in [0.1, 0.15) is 24.6 Å². The van der Waals surface area contributed by atoms with E-state index in [0.29, 0.717) is 11.2 Å². The van der Waals surface area contributed by atoms with Gasteiger partial charge in [0, 0.05) is 22.6 Å². The molecule has 1 fully saturated rings. The largest absolute Gasteiger partial charge is 0.375 e. The van der Waals surface area contributed by atoms with Gasteiger partial charge in [-0.05, 0) is 37.1 Å². The average Bonchev–Trinajstić information content (AvgIpc) is 2.98. The second-order valence-corrected chi connectivity index (χ2v) is 5.76. The van der Waals surface area contributed by atoms with Gasteiger partial charge < -0.3 is 10.6 Å². The maximum Gasteiger partial charge on any atom is 0.180 e. The topological polar surface area (TPSA) is 42.1 Å². The zero-order valence-corrected chi connectivity index (χ0v) is 11.4. The minimum atomic E-state index is 0.347. The number of aromatic nitrogens is 1. The lowest BCUT2D eigenvalue weighted by Crippen LogP contribution is -2.22. The molecule has 0 bridgehead atoms. The van der Waals surface area contributed by atoms with Gasteiger partial charge in [-0.2, -0.15) is 0 Å². The Morgan fingerprint density at radius 2 is 2.11 bits per heavy atom. The highest BCUT2D eigenvalue weighted by Crippen LogP contribution is 2.36. The molecule has 0 amide bonds. The number of benzene rings is 1. The zero-order chi connectivity index (χ0) is 12.5. The van der Waals surface area contributed by atoms with E-state index in [1.54, 1.807) is 0 Å². The molecular formula is C13H14ClN3S. The summed E-state index contributed by atoms with van der Waals surface area (Å²) < 4.78 is 0. The smallest absolute Gasteiger partial charge is 0.180 e. The van der Waals surface area contributed by atoms with Crippen LogP contribution in [0.5, 0.6) is 0 Å². The highest BCUT2D eigenvalue weighted by molar-refractivity contribution is 7.13. The van der Waals surface area contributed by atoms with Crippen molar-refractivity contribution in [2.24, 2.45) is 0 Å². The van der Waals surface area contributed by atoms with Gasteiger partial charge >= 0.3 is 0 Å². The molecule has 0 aliphatic carbocycles. The van der Waals surface area contributed by atoms with Crippen LogP contribution in [0.15, 0.2) is 29.6 Å². The van der Waals surface area contributed by atoms with Crippen LogP contribution >= 0.6 is 22.9 Å². The molecule has 0 radical (unpaired) electrons. The van der Waals surface area contributed by atoms with Crippen molar-refractivity contribution in [3.8, 4) is 0 Å². The third-order valence-electron chi connectivity index (χ3n) is 3.29. The van der Waals surface area contributed by atoms with E-state index in [-0.39, 0.29) is 0 Å². The number of hydrogen-bond acceptors (Lipinski definition) is 4. The van der Waals surface area contributed by atoms with Crippen molar-refractivity contribution in [2.75, 3.05) is 17.2 Å². The van der Waals surface area contributed by atoms with Crippen LogP contribution in [0, 0.1) is 0 Å². The van der Waals surface area contributed by atoms with Crippen LogP contribution in [0.25, 0.3) is 0 Å². The Kier molecular flexibility index (Phi) is 3.14. The van der Waals surface area contributed by atoms with Gasteiger partial charge in [-0.3, -0.25) is 0 Å². The van der Waals surface area contributed by atoms with Crippen molar-refractivity contribution in [3.63, 3.8) is 0 Å². The van der Waals surface area contributed by atoms with Crippen LogP contribution in [-0.4, -0.2) is 11.5 Å². The minimum absolute atomic E-state index is 0.347. The van der Waals surface area contributed by atoms with E-state index in [1.165, 1.54) is 23.4 Å². The van der Waals surface area contributed by atoms with Gasteiger partial charge in [0.05, 0.1) is 11.7 Å². The molecule has 5 heteroatoms. The predicted octanol–water partition coefficient (Wildman–Crippen LogP) is 3.72. The molecule has 0 saturated carbocycles. The SMILES string of the molecule is Nc1nc(C2CCCN2c2ccc(Cl)cc2)cs1. The van der Waals surface area contributed by atoms with E-state index >= 15 is 0 Å². The van der Waals surface area contributed by atoms with Crippen LogP contribution in [0.2, 0.25) is 5.02 Å². The first kappa shape index (κ1) is 11.8. The Morgan fingerprint density at radius 1 is 1.33 bits per heavy atom. The average molecular weight is 280 g/mol. The minimum Gasteiger partial charge on any atom is -0.375 e. The lowest BCUT2D eigenvalue weighted by Gasteiger charge is -2.25. The van der Waals surface area contributed by atoms with E-state index < -0.39 is 0 Å². The highest BCUT2D eigenvalue weighted by Gasteiger charge is 2.27. The highest BCUT2D eigenvalue weighted by atomic mass is 35.5. The second-order valence-electron chi connectivity index (χ2n) is 4.44. The summed E-state index contributed by atoms with van der Waals surface area (Å²) in [5.41, 5.74) is 8.01. The van der Waals surface area contributed by atoms with E-state index in [2.05, 4.69) is 27.4 Å². The fraction of sp³-hybridized carbons (Fsp3) is 0.308. The summed E-state index contributed by atoms with van der Waals surface area (Å²) in [7, 11) is 0. The predicted molar refractivity (Wildman–Crippen MR) is 77.3 cm³/mol. The third-order valence-corrected chi connectivity index (χ3v) is 4.24. The molecule has 94 valence electrons. The number of anilines is 2. The Balaban J connectivity index is 1.89. The monoisotopic (exact) mass is 279 g/mol. The first-order chi connectivity index (χ1) is 8.74. The van der Waals surface area contributed by atoms with Crippen molar-refractivity contribution in [3.05, 3.63) is 40.4 Å². The van der Waals surface area contributed by atoms with Gasteiger partial charge in [0.1, 0.15) is 0 Å². The molecule has 1 saturated heterocycles. The fourth-order valence-corrected chi connectivity index (χ4v) is 3.20. The lowest BCUT2D eigenvalue weighted by atomic mass is 10.1. The van der Waals surface area contributed by atoms with Gasteiger partial charge in [-0.15, -0.1) is 11.3 Å². The van der Waals surface area contributed by atoms with E-state index in [9.17, 15) is 0 Å². The lowest BCUT2D eigenvalue weighted by molar-refractivity contribution is 0.701. The number of hydrogen-bond donors (Lipinski definition) is 1. The Hall–Kier alpha value is -1.26. The van der Waals surface area contributed by atoms with Crippen molar-refractivity contribution in [1.29, 1.82) is 0 Å². The molecule has 2 N–H and O–H groups in total. The molecule has 1 unspecified atom stereocenters. The van der Waals surface area contributed by atoms with Crippen molar-refractivity contribution >= 4 is 33.8 Å². The summed E-state index contributed by atoms with van der Waals surface area (Å²) in [6.07, 6.45) is 2.32. The van der Waals surface area contributed by atoms with Crippen molar-refractivity contribution in [2.45, 2.75) is 18.9 Å². The number of rotatable bonds is 2. The van der Waals surface area contributed by atoms with Crippen molar-refractivity contribution < 1.29 is 0 Å². The standard InChI is InChI=1S/C13H14ClN3S/c14-9-3-5-10(6-4-9)17-7-1-2-12(17)11-8-18-13(15)16-11/h3-6,8,12H,1-2,7H2,(H2,15,16). The fourth-order valence-electron chi connectivity index (χ4n) is 2.47. The number of nitrogens with zero attached hydrogens (tertiary/aromatic N) is 2. The van der Waals surface area contributed by atoms with E-state index in [1.807, 2.05) is 12.1 Å². The maximum absolute atomic E-state index is 5.93. The van der Waals surface area contributed by atoms with Gasteiger partial charge in [-0.25, -0.2) is 4.98 Å². The third kappa shape index (κ3) is 2.18. The summed E-state index contributed by atoms with van der Waals surface area (Å²) in [5.74, 6) is 0. The molecule has 3 nitrogen and oxygen atoms in total. The molecular weight excluding hydrogens is 266 g/mol. The Labute approximate surface area is 115 Å². The molecule has 3 rings (SSSR count).